The van der Waals surface area contributed by atoms with Gasteiger partial charge in [-0.15, -0.1) is 0 Å². The molecule has 3 aromatic rings. The molecule has 1 aliphatic heterocycles. The van der Waals surface area contributed by atoms with E-state index in [1.807, 2.05) is 29.2 Å². The molecular weight excluding hydrogens is 450 g/mol. The molecule has 5 rings (SSSR count). The van der Waals surface area contributed by atoms with Crippen molar-refractivity contribution in [1.29, 1.82) is 0 Å². The number of piperidine rings is 1. The largest absolute Gasteiger partial charge is 0.497 e. The molecule has 0 spiro atoms. The standard InChI is InChI=1S/C23H24ClN3O4S/c1-30-18-6-8-19(9-7-18)32(28,29)20-10-14-27(15-11-20)22-25-21(26-31-22)23(12-13-23)16-2-4-17(24)5-3-16/h2-9,20H,10-15H2,1H3. The number of aromatic nitrogens is 2. The first kappa shape index (κ1) is 21.3. The van der Waals surface area contributed by atoms with Gasteiger partial charge in [-0.2, -0.15) is 4.98 Å². The van der Waals surface area contributed by atoms with Gasteiger partial charge in [-0.1, -0.05) is 28.9 Å². The summed E-state index contributed by atoms with van der Waals surface area (Å²) in [6.45, 7) is 1.10. The number of hydrogen-bond donors (Lipinski definition) is 0. The highest BCUT2D eigenvalue weighted by Crippen LogP contribution is 2.52. The predicted octanol–water partition coefficient (Wildman–Crippen LogP) is 4.25. The molecule has 0 radical (unpaired) electrons. The van der Waals surface area contributed by atoms with Crippen LogP contribution in [0.2, 0.25) is 5.02 Å². The highest BCUT2D eigenvalue weighted by molar-refractivity contribution is 7.92. The smallest absolute Gasteiger partial charge is 0.324 e. The van der Waals surface area contributed by atoms with Crippen molar-refractivity contribution in [2.24, 2.45) is 0 Å². The molecule has 7 nitrogen and oxygen atoms in total. The van der Waals surface area contributed by atoms with Gasteiger partial charge in [0.2, 0.25) is 0 Å². The molecule has 168 valence electrons. The number of ether oxygens (including phenoxy) is 1. The van der Waals surface area contributed by atoms with Gasteiger partial charge in [-0.05, 0) is 67.6 Å². The summed E-state index contributed by atoms with van der Waals surface area (Å²) < 4.78 is 36.8. The second kappa shape index (κ2) is 8.08. The average molecular weight is 474 g/mol. The molecule has 2 heterocycles. The molecule has 0 N–H and O–H groups in total. The summed E-state index contributed by atoms with van der Waals surface area (Å²) >= 11 is 6.03. The maximum atomic E-state index is 13.0. The monoisotopic (exact) mass is 473 g/mol. The topological polar surface area (TPSA) is 85.5 Å². The lowest BCUT2D eigenvalue weighted by Crippen LogP contribution is -2.39. The van der Waals surface area contributed by atoms with Crippen LogP contribution in [-0.4, -0.2) is 44.0 Å². The molecule has 0 unspecified atom stereocenters. The van der Waals surface area contributed by atoms with Crippen molar-refractivity contribution < 1.29 is 17.7 Å². The van der Waals surface area contributed by atoms with Crippen LogP contribution in [0.25, 0.3) is 0 Å². The minimum absolute atomic E-state index is 0.206. The summed E-state index contributed by atoms with van der Waals surface area (Å²) in [6.07, 6.45) is 2.95. The second-order valence-electron chi connectivity index (χ2n) is 8.40. The average Bonchev–Trinajstić information content (AvgIpc) is 3.48. The van der Waals surface area contributed by atoms with Crippen LogP contribution >= 0.6 is 11.6 Å². The highest BCUT2D eigenvalue weighted by atomic mass is 35.5. The van der Waals surface area contributed by atoms with Crippen molar-refractivity contribution in [2.75, 3.05) is 25.1 Å². The third-order valence-corrected chi connectivity index (χ3v) is 9.06. The number of rotatable bonds is 6. The van der Waals surface area contributed by atoms with E-state index in [-0.39, 0.29) is 5.41 Å². The Kier molecular flexibility index (Phi) is 5.37. The second-order valence-corrected chi connectivity index (χ2v) is 11.1. The number of methoxy groups -OCH3 is 1. The first-order valence-electron chi connectivity index (χ1n) is 10.7. The van der Waals surface area contributed by atoms with Crippen molar-refractivity contribution in [2.45, 2.75) is 41.2 Å². The lowest BCUT2D eigenvalue weighted by atomic mass is 9.95. The fraction of sp³-hybridized carbons (Fsp3) is 0.391. The zero-order valence-corrected chi connectivity index (χ0v) is 19.3. The number of sulfone groups is 1. The maximum absolute atomic E-state index is 13.0. The van der Waals surface area contributed by atoms with Crippen LogP contribution in [0, 0.1) is 0 Å². The first-order chi connectivity index (χ1) is 15.4. The normalized spacial score (nSPS) is 18.5. The van der Waals surface area contributed by atoms with Crippen LogP contribution in [0.5, 0.6) is 5.75 Å². The summed E-state index contributed by atoms with van der Waals surface area (Å²) in [4.78, 5) is 6.99. The van der Waals surface area contributed by atoms with Gasteiger partial charge in [0.05, 0.1) is 22.7 Å². The van der Waals surface area contributed by atoms with Gasteiger partial charge >= 0.3 is 6.01 Å². The summed E-state index contributed by atoms with van der Waals surface area (Å²) in [6, 6.07) is 14.8. The Morgan fingerprint density at radius 2 is 1.72 bits per heavy atom. The summed E-state index contributed by atoms with van der Waals surface area (Å²) in [5.74, 6) is 1.32. The van der Waals surface area contributed by atoms with E-state index in [0.29, 0.717) is 53.4 Å². The Morgan fingerprint density at radius 1 is 1.06 bits per heavy atom. The van der Waals surface area contributed by atoms with Crippen molar-refractivity contribution in [1.82, 2.24) is 10.1 Å². The Hall–Kier alpha value is -2.58. The third-order valence-electron chi connectivity index (χ3n) is 6.53. The Balaban J connectivity index is 1.27. The van der Waals surface area contributed by atoms with Crippen LogP contribution in [-0.2, 0) is 15.3 Å². The Bertz CT molecular complexity index is 1200. The molecule has 2 aromatic carbocycles. The fourth-order valence-corrected chi connectivity index (χ4v) is 6.25. The minimum Gasteiger partial charge on any atom is -0.497 e. The number of hydrogen-bond acceptors (Lipinski definition) is 7. The lowest BCUT2D eigenvalue weighted by molar-refractivity contribution is 0.393. The van der Waals surface area contributed by atoms with E-state index in [9.17, 15) is 8.42 Å². The van der Waals surface area contributed by atoms with E-state index in [2.05, 4.69) is 10.1 Å². The zero-order valence-electron chi connectivity index (χ0n) is 17.7. The summed E-state index contributed by atoms with van der Waals surface area (Å²) in [5, 5.41) is 4.53. The fourth-order valence-electron chi connectivity index (χ4n) is 4.39. The van der Waals surface area contributed by atoms with E-state index in [1.165, 1.54) is 0 Å². The van der Waals surface area contributed by atoms with Gasteiger partial charge in [0.25, 0.3) is 0 Å². The van der Waals surface area contributed by atoms with Gasteiger partial charge in [0.15, 0.2) is 15.7 Å². The Morgan fingerprint density at radius 3 is 2.31 bits per heavy atom. The quantitative estimate of drug-likeness (QED) is 0.528. The Labute approximate surface area is 192 Å². The summed E-state index contributed by atoms with van der Waals surface area (Å²) in [7, 11) is -1.84. The van der Waals surface area contributed by atoms with Crippen LogP contribution in [0.3, 0.4) is 0 Å². The van der Waals surface area contributed by atoms with Crippen LogP contribution < -0.4 is 9.64 Å². The van der Waals surface area contributed by atoms with Gasteiger partial charge < -0.3 is 14.2 Å². The number of nitrogens with zero attached hydrogens (tertiary/aromatic N) is 3. The van der Waals surface area contributed by atoms with E-state index < -0.39 is 15.1 Å². The molecule has 1 saturated heterocycles. The van der Waals surface area contributed by atoms with Gasteiger partial charge in [0, 0.05) is 18.1 Å². The van der Waals surface area contributed by atoms with Crippen LogP contribution in [0.1, 0.15) is 37.1 Å². The predicted molar refractivity (Wildman–Crippen MR) is 121 cm³/mol. The van der Waals surface area contributed by atoms with Crippen LogP contribution in [0.15, 0.2) is 57.9 Å². The highest BCUT2D eigenvalue weighted by Gasteiger charge is 2.50. The molecule has 0 atom stereocenters. The molecule has 1 saturated carbocycles. The van der Waals surface area contributed by atoms with E-state index >= 15 is 0 Å². The van der Waals surface area contributed by atoms with Crippen LogP contribution in [0.4, 0.5) is 6.01 Å². The number of benzene rings is 2. The van der Waals surface area contributed by atoms with E-state index in [1.54, 1.807) is 31.4 Å². The molecule has 32 heavy (non-hydrogen) atoms. The molecule has 0 bridgehead atoms. The summed E-state index contributed by atoms with van der Waals surface area (Å²) in [5.41, 5.74) is 0.932. The molecule has 9 heteroatoms. The van der Waals surface area contributed by atoms with Crippen molar-refractivity contribution in [3.8, 4) is 5.75 Å². The maximum Gasteiger partial charge on any atom is 0.324 e. The minimum atomic E-state index is -3.40. The third kappa shape index (κ3) is 3.75. The first-order valence-corrected chi connectivity index (χ1v) is 12.6. The SMILES string of the molecule is COc1ccc(S(=O)(=O)C2CCN(c3nc(C4(c5ccc(Cl)cc5)CC4)no3)CC2)cc1. The number of anilines is 1. The van der Waals surface area contributed by atoms with Gasteiger partial charge in [0.1, 0.15) is 5.75 Å². The molecule has 2 aliphatic rings. The lowest BCUT2D eigenvalue weighted by Gasteiger charge is -2.30. The van der Waals surface area contributed by atoms with Gasteiger partial charge in [-0.3, -0.25) is 0 Å². The van der Waals surface area contributed by atoms with Gasteiger partial charge in [-0.25, -0.2) is 8.42 Å². The number of halogens is 1. The van der Waals surface area contributed by atoms with E-state index in [0.717, 1.165) is 18.4 Å². The molecule has 1 aliphatic carbocycles. The van der Waals surface area contributed by atoms with Crippen molar-refractivity contribution in [3.05, 3.63) is 64.9 Å². The molecular formula is C23H24ClN3O4S. The zero-order chi connectivity index (χ0) is 22.3. The van der Waals surface area contributed by atoms with Crippen molar-refractivity contribution >= 4 is 27.5 Å². The molecule has 1 aromatic heterocycles. The molecule has 0 amide bonds. The molecule has 2 fully saturated rings. The van der Waals surface area contributed by atoms with E-state index in [4.69, 9.17) is 20.9 Å². The van der Waals surface area contributed by atoms with Crippen molar-refractivity contribution in [3.63, 3.8) is 0 Å².